The van der Waals surface area contributed by atoms with Gasteiger partial charge in [-0.3, -0.25) is 4.79 Å². The average Bonchev–Trinajstić information content (AvgIpc) is 3.19. The molecule has 0 aliphatic carbocycles. The topological polar surface area (TPSA) is 47.6 Å². The summed E-state index contributed by atoms with van der Waals surface area (Å²) in [5.41, 5.74) is 4.29. The van der Waals surface area contributed by atoms with E-state index < -0.39 is 0 Å². The van der Waals surface area contributed by atoms with Crippen LogP contribution in [0.5, 0.6) is 17.2 Å². The molecule has 1 amide bonds. The first kappa shape index (κ1) is 17.8. The fraction of sp³-hybridized carbons (Fsp3) is 0.240. The third kappa shape index (κ3) is 3.35. The molecule has 1 unspecified atom stereocenters. The van der Waals surface area contributed by atoms with Crippen LogP contribution in [0, 0.1) is 0 Å². The van der Waals surface area contributed by atoms with E-state index in [0.717, 1.165) is 47.8 Å². The molecule has 0 radical (unpaired) electrons. The third-order valence-corrected chi connectivity index (χ3v) is 5.63. The highest BCUT2D eigenvalue weighted by Gasteiger charge is 2.32. The number of fused-ring (bicyclic) bond motifs is 3. The Hall–Kier alpha value is -3.27. The predicted molar refractivity (Wildman–Crippen MR) is 112 cm³/mol. The maximum Gasteiger partial charge on any atom is 0.232 e. The molecule has 0 saturated carbocycles. The number of benzene rings is 3. The maximum absolute atomic E-state index is 13.3. The lowest BCUT2D eigenvalue weighted by Gasteiger charge is -2.28. The van der Waals surface area contributed by atoms with Gasteiger partial charge in [-0.2, -0.15) is 0 Å². The van der Waals surface area contributed by atoms with E-state index in [-0.39, 0.29) is 17.9 Å². The van der Waals surface area contributed by atoms with Crippen molar-refractivity contribution in [2.24, 2.45) is 0 Å². The van der Waals surface area contributed by atoms with Crippen LogP contribution in [0.4, 0.5) is 0 Å². The van der Waals surface area contributed by atoms with E-state index in [4.69, 9.17) is 9.47 Å². The molecule has 29 heavy (non-hydrogen) atoms. The lowest BCUT2D eigenvalue weighted by molar-refractivity contribution is -0.122. The summed E-state index contributed by atoms with van der Waals surface area (Å²) in [7, 11) is 0. The minimum Gasteiger partial charge on any atom is -0.493 e. The Labute approximate surface area is 170 Å². The van der Waals surface area contributed by atoms with Crippen molar-refractivity contribution >= 4 is 5.91 Å². The summed E-state index contributed by atoms with van der Waals surface area (Å²) in [5.74, 6) is 2.12. The molecule has 4 heteroatoms. The van der Waals surface area contributed by atoms with Crippen molar-refractivity contribution in [3.63, 3.8) is 0 Å². The second-order valence-electron chi connectivity index (χ2n) is 7.77. The Balaban J connectivity index is 1.37. The van der Waals surface area contributed by atoms with E-state index in [0.29, 0.717) is 0 Å². The molecular weight excluding hydrogens is 362 g/mol. The predicted octanol–water partition coefficient (Wildman–Crippen LogP) is 4.61. The van der Waals surface area contributed by atoms with E-state index in [1.165, 1.54) is 11.1 Å². The number of ether oxygens (including phenoxy) is 2. The van der Waals surface area contributed by atoms with Gasteiger partial charge in [0.15, 0.2) is 0 Å². The van der Waals surface area contributed by atoms with Gasteiger partial charge in [-0.25, -0.2) is 0 Å². The number of carbonyl (C=O) groups excluding carboxylic acids is 1. The van der Waals surface area contributed by atoms with Crippen LogP contribution in [0.3, 0.4) is 0 Å². The Morgan fingerprint density at radius 2 is 1.69 bits per heavy atom. The monoisotopic (exact) mass is 385 g/mol. The quantitative estimate of drug-likeness (QED) is 0.714. The average molecular weight is 385 g/mol. The summed E-state index contributed by atoms with van der Waals surface area (Å²) in [6.45, 7) is 2.81. The van der Waals surface area contributed by atoms with E-state index in [9.17, 15) is 4.79 Å². The minimum absolute atomic E-state index is 0.00481. The van der Waals surface area contributed by atoms with E-state index >= 15 is 0 Å². The fourth-order valence-electron chi connectivity index (χ4n) is 4.29. The molecule has 5 rings (SSSR count). The van der Waals surface area contributed by atoms with Crippen LogP contribution >= 0.6 is 0 Å². The molecule has 3 aromatic rings. The van der Waals surface area contributed by atoms with E-state index in [2.05, 4.69) is 24.4 Å². The normalized spacial score (nSPS) is 15.3. The van der Waals surface area contributed by atoms with Gasteiger partial charge in [-0.15, -0.1) is 0 Å². The lowest BCUT2D eigenvalue weighted by Crippen LogP contribution is -2.38. The van der Waals surface area contributed by atoms with Gasteiger partial charge >= 0.3 is 0 Å². The molecule has 2 aliphatic rings. The van der Waals surface area contributed by atoms with Gasteiger partial charge in [-0.1, -0.05) is 48.5 Å². The van der Waals surface area contributed by atoms with Gasteiger partial charge in [0.05, 0.1) is 12.5 Å². The molecule has 1 atom stereocenters. The van der Waals surface area contributed by atoms with Crippen LogP contribution in [0.1, 0.15) is 35.1 Å². The molecule has 2 heterocycles. The first-order valence-corrected chi connectivity index (χ1v) is 10.1. The highest BCUT2D eigenvalue weighted by molar-refractivity contribution is 5.89. The number of para-hydroxylation sites is 2. The fourth-order valence-corrected chi connectivity index (χ4v) is 4.29. The first-order valence-electron chi connectivity index (χ1n) is 10.1. The summed E-state index contributed by atoms with van der Waals surface area (Å²) in [5, 5.41) is 3.22. The van der Waals surface area contributed by atoms with Crippen molar-refractivity contribution in [1.82, 2.24) is 5.32 Å². The van der Waals surface area contributed by atoms with Gasteiger partial charge in [0.1, 0.15) is 17.2 Å². The second-order valence-corrected chi connectivity index (χ2v) is 7.77. The number of hydrogen-bond donors (Lipinski definition) is 1. The molecule has 0 aromatic heterocycles. The number of hydrogen-bond acceptors (Lipinski definition) is 3. The molecule has 0 bridgehead atoms. The minimum atomic E-state index is -0.368. The summed E-state index contributed by atoms with van der Waals surface area (Å²) in [6.07, 6.45) is 1.74. The molecular formula is C25H23NO3. The van der Waals surface area contributed by atoms with Crippen LogP contribution < -0.4 is 14.8 Å². The number of amides is 1. The van der Waals surface area contributed by atoms with Crippen LogP contribution in [-0.4, -0.2) is 18.6 Å². The summed E-state index contributed by atoms with van der Waals surface area (Å²) in [6, 6.07) is 21.9. The second kappa shape index (κ2) is 7.28. The zero-order chi connectivity index (χ0) is 19.8. The van der Waals surface area contributed by atoms with Crippen LogP contribution in [-0.2, 0) is 17.6 Å². The molecule has 0 spiro atoms. The molecule has 0 saturated heterocycles. The standard InChI is InChI=1S/C25H23NO3/c1-16(14-17-10-11-21-18(15-17)12-13-28-21)26-25(27)24-19-6-2-4-8-22(19)29-23-9-5-3-7-20(23)24/h2-11,15-16,24H,12-14H2,1H3,(H,26,27). The lowest BCUT2D eigenvalue weighted by atomic mass is 9.87. The van der Waals surface area contributed by atoms with Crippen LogP contribution in [0.25, 0.3) is 0 Å². The Bertz CT molecular complexity index is 1030. The van der Waals surface area contributed by atoms with Crippen LogP contribution in [0.2, 0.25) is 0 Å². The molecule has 2 aliphatic heterocycles. The maximum atomic E-state index is 13.3. The first-order chi connectivity index (χ1) is 14.2. The Kier molecular flexibility index (Phi) is 4.47. The third-order valence-electron chi connectivity index (χ3n) is 5.63. The van der Waals surface area contributed by atoms with Crippen molar-refractivity contribution in [2.45, 2.75) is 31.7 Å². The van der Waals surface area contributed by atoms with Gasteiger partial charge in [0.25, 0.3) is 0 Å². The molecule has 3 aromatic carbocycles. The highest BCUT2D eigenvalue weighted by atomic mass is 16.5. The molecule has 4 nitrogen and oxygen atoms in total. The molecule has 0 fully saturated rings. The number of rotatable bonds is 4. The number of carbonyl (C=O) groups is 1. The van der Waals surface area contributed by atoms with Gasteiger partial charge in [0.2, 0.25) is 5.91 Å². The van der Waals surface area contributed by atoms with E-state index in [1.807, 2.05) is 54.6 Å². The van der Waals surface area contributed by atoms with Crippen LogP contribution in [0.15, 0.2) is 66.7 Å². The van der Waals surface area contributed by atoms with Crippen molar-refractivity contribution in [3.8, 4) is 17.2 Å². The van der Waals surface area contributed by atoms with Gasteiger partial charge in [-0.05, 0) is 42.7 Å². The molecule has 146 valence electrons. The zero-order valence-electron chi connectivity index (χ0n) is 16.4. The van der Waals surface area contributed by atoms with Crippen molar-refractivity contribution < 1.29 is 14.3 Å². The smallest absolute Gasteiger partial charge is 0.232 e. The SMILES string of the molecule is CC(Cc1ccc2c(c1)CCO2)NC(=O)C1c2ccccc2Oc2ccccc21. The Morgan fingerprint density at radius 1 is 1.00 bits per heavy atom. The number of nitrogens with one attached hydrogen (secondary N) is 1. The summed E-state index contributed by atoms with van der Waals surface area (Å²) < 4.78 is 11.6. The van der Waals surface area contributed by atoms with Crippen molar-refractivity contribution in [1.29, 1.82) is 0 Å². The highest BCUT2D eigenvalue weighted by Crippen LogP contribution is 2.43. The zero-order valence-corrected chi connectivity index (χ0v) is 16.4. The van der Waals surface area contributed by atoms with Gasteiger partial charge in [0, 0.05) is 23.6 Å². The summed E-state index contributed by atoms with van der Waals surface area (Å²) in [4.78, 5) is 13.3. The largest absolute Gasteiger partial charge is 0.493 e. The molecule has 1 N–H and O–H groups in total. The van der Waals surface area contributed by atoms with Crippen molar-refractivity contribution in [2.75, 3.05) is 6.61 Å². The Morgan fingerprint density at radius 3 is 2.41 bits per heavy atom. The van der Waals surface area contributed by atoms with E-state index in [1.54, 1.807) is 0 Å². The van der Waals surface area contributed by atoms with Crippen molar-refractivity contribution in [3.05, 3.63) is 89.0 Å². The summed E-state index contributed by atoms with van der Waals surface area (Å²) >= 11 is 0. The van der Waals surface area contributed by atoms with Gasteiger partial charge < -0.3 is 14.8 Å².